The van der Waals surface area contributed by atoms with Gasteiger partial charge in [-0.1, -0.05) is 12.1 Å². The van der Waals surface area contributed by atoms with E-state index in [9.17, 15) is 17.6 Å². The summed E-state index contributed by atoms with van der Waals surface area (Å²) in [7, 11) is 0.0580. The van der Waals surface area contributed by atoms with Crippen LogP contribution in [0, 0.1) is 11.7 Å². The molecule has 1 amide bonds. The number of amides is 1. The van der Waals surface area contributed by atoms with Gasteiger partial charge in [0.15, 0.2) is 11.5 Å². The summed E-state index contributed by atoms with van der Waals surface area (Å²) in [5, 5.41) is 2.97. The van der Waals surface area contributed by atoms with E-state index in [0.29, 0.717) is 44.1 Å². The molecule has 1 saturated heterocycles. The number of nitrogens with one attached hydrogen (secondary N) is 1. The average molecular weight is 492 g/mol. The molecule has 2 heterocycles. The lowest BCUT2D eigenvalue weighted by molar-refractivity contribution is -0.126. The number of fused-ring (bicyclic) bond motifs is 1. The number of hydrogen-bond donors (Lipinski definition) is 1. The van der Waals surface area contributed by atoms with E-state index in [-0.39, 0.29) is 41.7 Å². The molecule has 1 N–H and O–H groups in total. The highest BCUT2D eigenvalue weighted by atomic mass is 32.2. The average Bonchev–Trinajstić information content (AvgIpc) is 2.83. The molecule has 0 aromatic heterocycles. The molecule has 184 valence electrons. The SMILES string of the molecule is CN(C)C(CNC(=O)C1CCN(S(=O)(=O)c2ccc3c(c2)OCCO3)CC1)c1cccc(F)c1. The van der Waals surface area contributed by atoms with Gasteiger partial charge in [0, 0.05) is 31.6 Å². The molecule has 1 atom stereocenters. The van der Waals surface area contributed by atoms with Gasteiger partial charge in [-0.05, 0) is 56.8 Å². The summed E-state index contributed by atoms with van der Waals surface area (Å²) in [5.74, 6) is 0.258. The lowest BCUT2D eigenvalue weighted by Crippen LogP contribution is -2.44. The number of carbonyl (C=O) groups excluding carboxylic acids is 1. The Bertz CT molecular complexity index is 1130. The van der Waals surface area contributed by atoms with Crippen molar-refractivity contribution in [3.05, 3.63) is 53.8 Å². The van der Waals surface area contributed by atoms with Gasteiger partial charge >= 0.3 is 0 Å². The monoisotopic (exact) mass is 491 g/mol. The lowest BCUT2D eigenvalue weighted by Gasteiger charge is -2.31. The van der Waals surface area contributed by atoms with Gasteiger partial charge in [0.05, 0.1) is 10.9 Å². The number of ether oxygens (including phenoxy) is 2. The highest BCUT2D eigenvalue weighted by Crippen LogP contribution is 2.34. The van der Waals surface area contributed by atoms with E-state index in [0.717, 1.165) is 5.56 Å². The summed E-state index contributed by atoms with van der Waals surface area (Å²) in [6.07, 6.45) is 0.865. The number of likely N-dealkylation sites (N-methyl/N-ethyl adjacent to an activating group) is 1. The highest BCUT2D eigenvalue weighted by Gasteiger charge is 2.33. The first-order valence-corrected chi connectivity index (χ1v) is 12.8. The lowest BCUT2D eigenvalue weighted by atomic mass is 9.97. The fourth-order valence-electron chi connectivity index (χ4n) is 4.35. The van der Waals surface area contributed by atoms with Crippen LogP contribution in [0.4, 0.5) is 4.39 Å². The summed E-state index contributed by atoms with van der Waals surface area (Å²) >= 11 is 0. The standard InChI is InChI=1S/C24H30FN3O5S/c1-27(2)21(18-4-3-5-19(25)14-18)16-26-24(29)17-8-10-28(11-9-17)34(30,31)20-6-7-22-23(15-20)33-13-12-32-22/h3-7,14-15,17,21H,8-13,16H2,1-2H3,(H,26,29). The van der Waals surface area contributed by atoms with E-state index < -0.39 is 10.0 Å². The van der Waals surface area contributed by atoms with Crippen molar-refractivity contribution in [3.63, 3.8) is 0 Å². The molecular weight excluding hydrogens is 461 g/mol. The van der Waals surface area contributed by atoms with Crippen molar-refractivity contribution in [2.45, 2.75) is 23.8 Å². The Balaban J connectivity index is 1.34. The van der Waals surface area contributed by atoms with Gasteiger partial charge < -0.3 is 19.7 Å². The molecule has 0 radical (unpaired) electrons. The molecule has 2 aromatic rings. The van der Waals surface area contributed by atoms with Crippen LogP contribution in [-0.2, 0) is 14.8 Å². The molecule has 0 bridgehead atoms. The van der Waals surface area contributed by atoms with Gasteiger partial charge in [0.2, 0.25) is 15.9 Å². The molecule has 34 heavy (non-hydrogen) atoms. The van der Waals surface area contributed by atoms with Crippen molar-refractivity contribution in [2.75, 3.05) is 46.9 Å². The van der Waals surface area contributed by atoms with E-state index >= 15 is 0 Å². The fourth-order valence-corrected chi connectivity index (χ4v) is 5.83. The number of piperidine rings is 1. The van der Waals surface area contributed by atoms with Crippen LogP contribution in [0.3, 0.4) is 0 Å². The van der Waals surface area contributed by atoms with Gasteiger partial charge in [0.25, 0.3) is 0 Å². The van der Waals surface area contributed by atoms with Crippen LogP contribution in [0.5, 0.6) is 11.5 Å². The maximum absolute atomic E-state index is 13.6. The second-order valence-corrected chi connectivity index (χ2v) is 10.7. The number of halogens is 1. The van der Waals surface area contributed by atoms with Crippen LogP contribution in [0.25, 0.3) is 0 Å². The Kier molecular flexibility index (Phi) is 7.39. The van der Waals surface area contributed by atoms with Crippen LogP contribution in [0.2, 0.25) is 0 Å². The maximum atomic E-state index is 13.6. The Morgan fingerprint density at radius 3 is 2.50 bits per heavy atom. The zero-order valence-electron chi connectivity index (χ0n) is 19.4. The second kappa shape index (κ2) is 10.3. The Hall–Kier alpha value is -2.69. The molecule has 2 aliphatic heterocycles. The highest BCUT2D eigenvalue weighted by molar-refractivity contribution is 7.89. The molecule has 0 spiro atoms. The van der Waals surface area contributed by atoms with Crippen molar-refractivity contribution in [3.8, 4) is 11.5 Å². The minimum atomic E-state index is -3.70. The molecule has 2 aliphatic rings. The first kappa shape index (κ1) is 24.4. The molecule has 2 aromatic carbocycles. The molecule has 8 nitrogen and oxygen atoms in total. The largest absolute Gasteiger partial charge is 0.486 e. The first-order valence-electron chi connectivity index (χ1n) is 11.3. The Morgan fingerprint density at radius 2 is 1.82 bits per heavy atom. The van der Waals surface area contributed by atoms with Gasteiger partial charge in [0.1, 0.15) is 19.0 Å². The van der Waals surface area contributed by atoms with Crippen LogP contribution in [-0.4, -0.2) is 70.5 Å². The summed E-state index contributed by atoms with van der Waals surface area (Å²) < 4.78 is 52.3. The molecule has 1 unspecified atom stereocenters. The smallest absolute Gasteiger partial charge is 0.243 e. The minimum absolute atomic E-state index is 0.111. The predicted octanol–water partition coefficient (Wildman–Crippen LogP) is 2.42. The second-order valence-electron chi connectivity index (χ2n) is 8.76. The number of benzene rings is 2. The van der Waals surface area contributed by atoms with Crippen LogP contribution < -0.4 is 14.8 Å². The number of hydrogen-bond acceptors (Lipinski definition) is 6. The molecule has 4 rings (SSSR count). The van der Waals surface area contributed by atoms with Crippen molar-refractivity contribution < 1.29 is 27.1 Å². The number of carbonyl (C=O) groups is 1. The molecule has 10 heteroatoms. The van der Waals surface area contributed by atoms with Crippen LogP contribution in [0.1, 0.15) is 24.4 Å². The number of rotatable bonds is 7. The van der Waals surface area contributed by atoms with Gasteiger partial charge in [-0.2, -0.15) is 4.31 Å². The third-order valence-corrected chi connectivity index (χ3v) is 8.20. The zero-order chi connectivity index (χ0) is 24.3. The van der Waals surface area contributed by atoms with E-state index in [4.69, 9.17) is 9.47 Å². The zero-order valence-corrected chi connectivity index (χ0v) is 20.2. The van der Waals surface area contributed by atoms with Crippen molar-refractivity contribution in [1.29, 1.82) is 0 Å². The Morgan fingerprint density at radius 1 is 1.12 bits per heavy atom. The summed E-state index contributed by atoms with van der Waals surface area (Å²) in [5.41, 5.74) is 0.783. The van der Waals surface area contributed by atoms with Crippen LogP contribution in [0.15, 0.2) is 47.4 Å². The van der Waals surface area contributed by atoms with Crippen molar-refractivity contribution in [2.24, 2.45) is 5.92 Å². The minimum Gasteiger partial charge on any atom is -0.486 e. The van der Waals surface area contributed by atoms with Gasteiger partial charge in [-0.15, -0.1) is 0 Å². The molecular formula is C24H30FN3O5S. The van der Waals surface area contributed by atoms with Gasteiger partial charge in [-0.25, -0.2) is 12.8 Å². The topological polar surface area (TPSA) is 88.2 Å². The normalized spacial score (nSPS) is 18.0. The number of sulfonamides is 1. The molecule has 1 fully saturated rings. The van der Waals surface area contributed by atoms with Crippen LogP contribution >= 0.6 is 0 Å². The van der Waals surface area contributed by atoms with E-state index in [1.165, 1.54) is 28.6 Å². The third-order valence-electron chi connectivity index (χ3n) is 6.30. The van der Waals surface area contributed by atoms with E-state index in [2.05, 4.69) is 5.32 Å². The Labute approximate surface area is 199 Å². The number of nitrogens with zero attached hydrogens (tertiary/aromatic N) is 2. The first-order chi connectivity index (χ1) is 16.3. The predicted molar refractivity (Wildman–Crippen MR) is 125 cm³/mol. The van der Waals surface area contributed by atoms with Crippen molar-refractivity contribution in [1.82, 2.24) is 14.5 Å². The van der Waals surface area contributed by atoms with Gasteiger partial charge in [-0.3, -0.25) is 4.79 Å². The molecule has 0 saturated carbocycles. The quantitative estimate of drug-likeness (QED) is 0.640. The van der Waals surface area contributed by atoms with Crippen molar-refractivity contribution >= 4 is 15.9 Å². The van der Waals surface area contributed by atoms with E-state index in [1.54, 1.807) is 12.1 Å². The fraction of sp³-hybridized carbons (Fsp3) is 0.458. The molecule has 0 aliphatic carbocycles. The van der Waals surface area contributed by atoms with E-state index in [1.807, 2.05) is 25.1 Å². The summed E-state index contributed by atoms with van der Waals surface area (Å²) in [4.78, 5) is 14.9. The summed E-state index contributed by atoms with van der Waals surface area (Å²) in [6, 6.07) is 10.8. The third kappa shape index (κ3) is 5.34. The summed E-state index contributed by atoms with van der Waals surface area (Å²) in [6.45, 7) is 1.67. The maximum Gasteiger partial charge on any atom is 0.243 e.